The fraction of sp³-hybridized carbons (Fsp3) is 0.583. The molecule has 0 radical (unpaired) electrons. The topological polar surface area (TPSA) is 20.3 Å². The average molecular weight is 388 g/mol. The zero-order chi connectivity index (χ0) is 14.8. The minimum Gasteiger partial charge on any atom is -0.328 e. The molecule has 1 aliphatic heterocycles. The summed E-state index contributed by atoms with van der Waals surface area (Å²) < 4.78 is 37.6. The van der Waals surface area contributed by atoms with Crippen LogP contribution in [0, 0.1) is 0 Å². The molecule has 0 saturated carbocycles. The lowest BCUT2D eigenvalue weighted by molar-refractivity contribution is -0.140. The number of rotatable bonds is 4. The first kappa shape index (κ1) is 16.2. The molecule has 112 valence electrons. The Balaban J connectivity index is 2.16. The number of aryl methyl sites for hydroxylation is 1. The Labute approximate surface area is 131 Å². The summed E-state index contributed by atoms with van der Waals surface area (Å²) in [5, 5.41) is 0.329. The van der Waals surface area contributed by atoms with Crippen molar-refractivity contribution in [2.45, 2.75) is 18.3 Å². The van der Waals surface area contributed by atoms with Crippen molar-refractivity contribution >= 4 is 44.9 Å². The first-order chi connectivity index (χ1) is 9.40. The second-order valence-electron chi connectivity index (χ2n) is 4.39. The molecule has 2 heterocycles. The highest BCUT2D eigenvalue weighted by molar-refractivity contribution is 9.09. The normalized spacial score (nSPS) is 15.0. The first-order valence-corrected chi connectivity index (χ1v) is 9.11. The van der Waals surface area contributed by atoms with Gasteiger partial charge >= 0.3 is 6.18 Å². The van der Waals surface area contributed by atoms with E-state index in [4.69, 9.17) is 0 Å². The van der Waals surface area contributed by atoms with Crippen molar-refractivity contribution in [3.63, 3.8) is 0 Å². The SMILES string of the molecule is O=C(c1cc2c(s1)CCSC2)N(CCBr)CC(F)(F)F. The number of amides is 1. The number of carbonyl (C=O) groups excluding carboxylic acids is 1. The summed E-state index contributed by atoms with van der Waals surface area (Å²) in [6.07, 6.45) is -3.47. The second-order valence-corrected chi connectivity index (χ2v) is 7.43. The number of hydrogen-bond donors (Lipinski definition) is 0. The van der Waals surface area contributed by atoms with Crippen molar-refractivity contribution in [1.29, 1.82) is 0 Å². The summed E-state index contributed by atoms with van der Waals surface area (Å²) in [5.74, 6) is 1.33. The molecular weight excluding hydrogens is 375 g/mol. The number of carbonyl (C=O) groups is 1. The maximum atomic E-state index is 12.5. The van der Waals surface area contributed by atoms with E-state index in [2.05, 4.69) is 15.9 Å². The molecule has 0 aliphatic carbocycles. The number of nitrogens with zero attached hydrogens (tertiary/aromatic N) is 1. The van der Waals surface area contributed by atoms with Gasteiger partial charge in [-0.25, -0.2) is 0 Å². The molecule has 0 N–H and O–H groups in total. The molecule has 1 aliphatic rings. The number of hydrogen-bond acceptors (Lipinski definition) is 3. The van der Waals surface area contributed by atoms with E-state index >= 15 is 0 Å². The Bertz CT molecular complexity index is 466. The van der Waals surface area contributed by atoms with Gasteiger partial charge in [0, 0.05) is 22.5 Å². The molecule has 0 bridgehead atoms. The van der Waals surface area contributed by atoms with Crippen LogP contribution < -0.4 is 0 Å². The van der Waals surface area contributed by atoms with Gasteiger partial charge in [0.05, 0.1) is 4.88 Å². The second kappa shape index (κ2) is 6.70. The molecule has 8 heteroatoms. The minimum absolute atomic E-state index is 0.0513. The molecule has 2 rings (SSSR count). The minimum atomic E-state index is -4.37. The van der Waals surface area contributed by atoms with Crippen LogP contribution in [0.3, 0.4) is 0 Å². The predicted octanol–water partition coefficient (Wildman–Crippen LogP) is 3.94. The molecular formula is C12H13BrF3NOS2. The standard InChI is InChI=1S/C12H13BrF3NOS2/c13-2-3-17(7-12(14,15)16)11(18)10-5-8-6-19-4-1-9(8)20-10/h5H,1-4,6-7H2. The van der Waals surface area contributed by atoms with Gasteiger partial charge in [-0.3, -0.25) is 4.79 Å². The lowest BCUT2D eigenvalue weighted by atomic mass is 10.2. The highest BCUT2D eigenvalue weighted by Crippen LogP contribution is 2.32. The van der Waals surface area contributed by atoms with Crippen LogP contribution in [0.25, 0.3) is 0 Å². The van der Waals surface area contributed by atoms with Gasteiger partial charge in [-0.1, -0.05) is 15.9 Å². The Morgan fingerprint density at radius 1 is 1.45 bits per heavy atom. The Hall–Kier alpha value is -0.210. The molecule has 1 aromatic rings. The summed E-state index contributed by atoms with van der Waals surface area (Å²) >= 11 is 6.22. The van der Waals surface area contributed by atoms with E-state index in [0.717, 1.165) is 33.3 Å². The fourth-order valence-corrected chi connectivity index (χ4v) is 4.75. The van der Waals surface area contributed by atoms with Gasteiger partial charge in [-0.2, -0.15) is 24.9 Å². The van der Waals surface area contributed by atoms with Gasteiger partial charge in [0.2, 0.25) is 0 Å². The molecule has 0 spiro atoms. The zero-order valence-corrected chi connectivity index (χ0v) is 13.7. The molecule has 0 saturated heterocycles. The monoisotopic (exact) mass is 387 g/mol. The third-order valence-electron chi connectivity index (χ3n) is 2.85. The Morgan fingerprint density at radius 2 is 2.20 bits per heavy atom. The molecule has 0 atom stereocenters. The summed E-state index contributed by atoms with van der Waals surface area (Å²) in [6, 6.07) is 1.76. The molecule has 1 aromatic heterocycles. The van der Waals surface area contributed by atoms with Crippen LogP contribution in [0.15, 0.2) is 6.07 Å². The fourth-order valence-electron chi connectivity index (χ4n) is 1.98. The smallest absolute Gasteiger partial charge is 0.328 e. The lowest BCUT2D eigenvalue weighted by Gasteiger charge is -2.22. The highest BCUT2D eigenvalue weighted by atomic mass is 79.9. The van der Waals surface area contributed by atoms with E-state index in [1.165, 1.54) is 11.3 Å². The number of alkyl halides is 4. The molecule has 2 nitrogen and oxygen atoms in total. The summed E-state index contributed by atoms with van der Waals surface area (Å²) in [6.45, 7) is -1.15. The molecule has 0 aromatic carbocycles. The quantitative estimate of drug-likeness (QED) is 0.729. The van der Waals surface area contributed by atoms with Crippen LogP contribution in [0.4, 0.5) is 13.2 Å². The van der Waals surface area contributed by atoms with E-state index in [1.54, 1.807) is 17.8 Å². The van der Waals surface area contributed by atoms with Crippen molar-refractivity contribution < 1.29 is 18.0 Å². The first-order valence-electron chi connectivity index (χ1n) is 6.02. The van der Waals surface area contributed by atoms with E-state index in [0.29, 0.717) is 10.2 Å². The third kappa shape index (κ3) is 4.14. The van der Waals surface area contributed by atoms with Crippen molar-refractivity contribution in [2.24, 2.45) is 0 Å². The number of thioether (sulfide) groups is 1. The maximum absolute atomic E-state index is 12.5. The third-order valence-corrected chi connectivity index (χ3v) is 5.44. The van der Waals surface area contributed by atoms with Gasteiger partial charge in [-0.05, 0) is 23.8 Å². The molecule has 0 unspecified atom stereocenters. The van der Waals surface area contributed by atoms with Crippen LogP contribution in [-0.4, -0.2) is 41.2 Å². The summed E-state index contributed by atoms with van der Waals surface area (Å²) in [7, 11) is 0. The van der Waals surface area contributed by atoms with Crippen LogP contribution in [0.2, 0.25) is 0 Å². The largest absolute Gasteiger partial charge is 0.406 e. The average Bonchev–Trinajstić information content (AvgIpc) is 2.79. The van der Waals surface area contributed by atoms with Gasteiger partial charge in [0.1, 0.15) is 6.54 Å². The van der Waals surface area contributed by atoms with Crippen LogP contribution >= 0.6 is 39.0 Å². The molecule has 20 heavy (non-hydrogen) atoms. The number of thiophene rings is 1. The van der Waals surface area contributed by atoms with Crippen LogP contribution in [-0.2, 0) is 12.2 Å². The van der Waals surface area contributed by atoms with Gasteiger partial charge in [0.15, 0.2) is 0 Å². The van der Waals surface area contributed by atoms with E-state index in [1.807, 2.05) is 0 Å². The lowest BCUT2D eigenvalue weighted by Crippen LogP contribution is -2.39. The molecule has 0 fully saturated rings. The summed E-state index contributed by atoms with van der Waals surface area (Å²) in [4.78, 5) is 14.7. The zero-order valence-electron chi connectivity index (χ0n) is 10.5. The number of halogens is 4. The van der Waals surface area contributed by atoms with Gasteiger partial charge in [0.25, 0.3) is 5.91 Å². The van der Waals surface area contributed by atoms with E-state index < -0.39 is 18.6 Å². The van der Waals surface area contributed by atoms with Crippen LogP contribution in [0.5, 0.6) is 0 Å². The van der Waals surface area contributed by atoms with E-state index in [9.17, 15) is 18.0 Å². The number of fused-ring (bicyclic) bond motifs is 1. The van der Waals surface area contributed by atoms with E-state index in [-0.39, 0.29) is 6.54 Å². The van der Waals surface area contributed by atoms with Crippen molar-refractivity contribution in [3.8, 4) is 0 Å². The van der Waals surface area contributed by atoms with Crippen molar-refractivity contribution in [3.05, 3.63) is 21.4 Å². The molecule has 1 amide bonds. The van der Waals surface area contributed by atoms with Crippen LogP contribution in [0.1, 0.15) is 20.1 Å². The van der Waals surface area contributed by atoms with Crippen molar-refractivity contribution in [1.82, 2.24) is 4.90 Å². The highest BCUT2D eigenvalue weighted by Gasteiger charge is 2.33. The van der Waals surface area contributed by atoms with Crippen molar-refractivity contribution in [2.75, 3.05) is 24.2 Å². The maximum Gasteiger partial charge on any atom is 0.406 e. The Kier molecular flexibility index (Phi) is 5.42. The summed E-state index contributed by atoms with van der Waals surface area (Å²) in [5.41, 5.74) is 1.10. The van der Waals surface area contributed by atoms with Gasteiger partial charge < -0.3 is 4.90 Å². The predicted molar refractivity (Wildman–Crippen MR) is 79.9 cm³/mol. The van der Waals surface area contributed by atoms with Gasteiger partial charge in [-0.15, -0.1) is 11.3 Å². The Morgan fingerprint density at radius 3 is 2.80 bits per heavy atom.